The summed E-state index contributed by atoms with van der Waals surface area (Å²) in [6, 6.07) is 9.46. The predicted octanol–water partition coefficient (Wildman–Crippen LogP) is 3.27. The van der Waals surface area contributed by atoms with Crippen LogP contribution in [0.1, 0.15) is 57.6 Å². The van der Waals surface area contributed by atoms with E-state index in [0.717, 1.165) is 50.5 Å². The standard InChI is InChI=1S/C22H38N4OS/c1-6-28(27)21-13-9-12-20(14-21)25-22(23-4)24-15-18-10-7-8-11-19(18)16-26(5)17(2)3/h7-8,10-11,17,20-21H,6,9,12-16H2,1-5H3,(H2,23,24,25). The SMILES string of the molecule is CCS(=O)C1CCCC(NC(=NC)NCc2ccccc2CN(C)C(C)C)C1. The van der Waals surface area contributed by atoms with Gasteiger partial charge >= 0.3 is 0 Å². The van der Waals surface area contributed by atoms with Gasteiger partial charge in [0.1, 0.15) is 0 Å². The van der Waals surface area contributed by atoms with Crippen LogP contribution in [-0.2, 0) is 23.9 Å². The molecule has 1 aromatic carbocycles. The molecule has 0 heterocycles. The fourth-order valence-electron chi connectivity index (χ4n) is 3.65. The number of nitrogens with zero attached hydrogens (tertiary/aromatic N) is 2. The Bertz CT molecular complexity index is 662. The minimum Gasteiger partial charge on any atom is -0.354 e. The average molecular weight is 407 g/mol. The Hall–Kier alpha value is -1.40. The van der Waals surface area contributed by atoms with Gasteiger partial charge in [-0.3, -0.25) is 14.1 Å². The molecule has 2 rings (SSSR count). The molecule has 3 atom stereocenters. The van der Waals surface area contributed by atoms with Crippen molar-refractivity contribution in [3.05, 3.63) is 35.4 Å². The van der Waals surface area contributed by atoms with Crippen molar-refractivity contribution in [2.75, 3.05) is 19.8 Å². The molecule has 0 aromatic heterocycles. The van der Waals surface area contributed by atoms with Gasteiger partial charge in [0, 0.05) is 54.0 Å². The molecule has 2 N–H and O–H groups in total. The van der Waals surface area contributed by atoms with Crippen molar-refractivity contribution >= 4 is 16.8 Å². The molecule has 1 aromatic rings. The van der Waals surface area contributed by atoms with Crippen LogP contribution < -0.4 is 10.6 Å². The van der Waals surface area contributed by atoms with Crippen LogP contribution in [0.2, 0.25) is 0 Å². The third-order valence-electron chi connectivity index (χ3n) is 5.71. The monoisotopic (exact) mass is 406 g/mol. The molecule has 1 saturated carbocycles. The van der Waals surface area contributed by atoms with Crippen LogP contribution in [-0.4, -0.2) is 52.3 Å². The third-order valence-corrected chi connectivity index (χ3v) is 7.45. The predicted molar refractivity (Wildman–Crippen MR) is 121 cm³/mol. The summed E-state index contributed by atoms with van der Waals surface area (Å²) in [5.74, 6) is 1.59. The number of guanidine groups is 1. The van der Waals surface area contributed by atoms with E-state index < -0.39 is 10.8 Å². The van der Waals surface area contributed by atoms with Gasteiger partial charge < -0.3 is 10.6 Å². The summed E-state index contributed by atoms with van der Waals surface area (Å²) in [6.07, 6.45) is 4.31. The Morgan fingerprint density at radius 3 is 2.64 bits per heavy atom. The Balaban J connectivity index is 1.93. The Morgan fingerprint density at radius 2 is 2.00 bits per heavy atom. The van der Waals surface area contributed by atoms with E-state index in [1.54, 1.807) is 0 Å². The molecule has 1 aliphatic rings. The molecule has 0 amide bonds. The molecule has 0 spiro atoms. The highest BCUT2D eigenvalue weighted by Gasteiger charge is 2.26. The average Bonchev–Trinajstić information content (AvgIpc) is 2.71. The molecule has 5 nitrogen and oxygen atoms in total. The zero-order valence-corrected chi connectivity index (χ0v) is 19.0. The van der Waals surface area contributed by atoms with Gasteiger partial charge in [0.15, 0.2) is 5.96 Å². The van der Waals surface area contributed by atoms with Crippen LogP contribution in [0.5, 0.6) is 0 Å². The number of benzene rings is 1. The summed E-state index contributed by atoms with van der Waals surface area (Å²) in [5.41, 5.74) is 2.64. The van der Waals surface area contributed by atoms with E-state index in [2.05, 4.69) is 65.7 Å². The summed E-state index contributed by atoms with van der Waals surface area (Å²) >= 11 is 0. The second kappa shape index (κ2) is 11.6. The summed E-state index contributed by atoms with van der Waals surface area (Å²) < 4.78 is 12.2. The molecule has 1 aliphatic carbocycles. The highest BCUT2D eigenvalue weighted by atomic mass is 32.2. The van der Waals surface area contributed by atoms with Gasteiger partial charge in [0.2, 0.25) is 0 Å². The Morgan fingerprint density at radius 1 is 1.29 bits per heavy atom. The first-order chi connectivity index (χ1) is 13.4. The van der Waals surface area contributed by atoms with E-state index in [0.29, 0.717) is 17.3 Å². The maximum atomic E-state index is 12.2. The van der Waals surface area contributed by atoms with Gasteiger partial charge in [-0.05, 0) is 51.3 Å². The van der Waals surface area contributed by atoms with Gasteiger partial charge in [-0.1, -0.05) is 37.6 Å². The fraction of sp³-hybridized carbons (Fsp3) is 0.682. The van der Waals surface area contributed by atoms with Crippen molar-refractivity contribution < 1.29 is 4.21 Å². The molecule has 158 valence electrons. The van der Waals surface area contributed by atoms with Gasteiger partial charge in [-0.2, -0.15) is 0 Å². The van der Waals surface area contributed by atoms with E-state index in [4.69, 9.17) is 0 Å². The molecule has 3 unspecified atom stereocenters. The molecular weight excluding hydrogens is 368 g/mol. The molecule has 6 heteroatoms. The van der Waals surface area contributed by atoms with E-state index in [-0.39, 0.29) is 0 Å². The van der Waals surface area contributed by atoms with Crippen molar-refractivity contribution in [2.45, 2.75) is 76.9 Å². The number of hydrogen-bond acceptors (Lipinski definition) is 3. The van der Waals surface area contributed by atoms with Gasteiger partial charge in [0.05, 0.1) is 0 Å². The first-order valence-electron chi connectivity index (χ1n) is 10.6. The molecular formula is C22H38N4OS. The number of rotatable bonds is 8. The lowest BCUT2D eigenvalue weighted by atomic mass is 9.95. The first-order valence-corrected chi connectivity index (χ1v) is 11.9. The maximum absolute atomic E-state index is 12.2. The number of nitrogens with one attached hydrogen (secondary N) is 2. The highest BCUT2D eigenvalue weighted by molar-refractivity contribution is 7.85. The zero-order valence-electron chi connectivity index (χ0n) is 18.2. The lowest BCUT2D eigenvalue weighted by Gasteiger charge is -2.30. The number of hydrogen-bond donors (Lipinski definition) is 2. The van der Waals surface area contributed by atoms with Gasteiger partial charge in [-0.25, -0.2) is 0 Å². The first kappa shape index (κ1) is 22.9. The summed E-state index contributed by atoms with van der Waals surface area (Å²) in [6.45, 7) is 8.14. The summed E-state index contributed by atoms with van der Waals surface area (Å²) in [5, 5.41) is 7.36. The third kappa shape index (κ3) is 6.89. The molecule has 0 saturated heterocycles. The van der Waals surface area contributed by atoms with Crippen molar-refractivity contribution in [3.8, 4) is 0 Å². The molecule has 1 fully saturated rings. The molecule has 0 aliphatic heterocycles. The summed E-state index contributed by atoms with van der Waals surface area (Å²) in [7, 11) is 3.28. The minimum atomic E-state index is -0.702. The largest absolute Gasteiger partial charge is 0.354 e. The van der Waals surface area contributed by atoms with E-state index in [1.807, 2.05) is 14.0 Å². The quantitative estimate of drug-likeness (QED) is 0.514. The lowest BCUT2D eigenvalue weighted by Crippen LogP contribution is -2.46. The van der Waals surface area contributed by atoms with E-state index >= 15 is 0 Å². The van der Waals surface area contributed by atoms with Crippen LogP contribution in [0.4, 0.5) is 0 Å². The van der Waals surface area contributed by atoms with Gasteiger partial charge in [0.25, 0.3) is 0 Å². The normalized spacial score (nSPS) is 21.8. The van der Waals surface area contributed by atoms with Crippen molar-refractivity contribution in [3.63, 3.8) is 0 Å². The van der Waals surface area contributed by atoms with Crippen LogP contribution in [0, 0.1) is 0 Å². The Labute approximate surface area is 173 Å². The van der Waals surface area contributed by atoms with Crippen LogP contribution in [0.3, 0.4) is 0 Å². The van der Waals surface area contributed by atoms with Gasteiger partial charge in [-0.15, -0.1) is 0 Å². The zero-order chi connectivity index (χ0) is 20.5. The van der Waals surface area contributed by atoms with Crippen LogP contribution in [0.25, 0.3) is 0 Å². The highest BCUT2D eigenvalue weighted by Crippen LogP contribution is 2.23. The van der Waals surface area contributed by atoms with Crippen molar-refractivity contribution in [2.24, 2.45) is 4.99 Å². The second-order valence-corrected chi connectivity index (χ2v) is 10.0. The van der Waals surface area contributed by atoms with E-state index in [9.17, 15) is 4.21 Å². The smallest absolute Gasteiger partial charge is 0.191 e. The van der Waals surface area contributed by atoms with E-state index in [1.165, 1.54) is 11.1 Å². The molecule has 0 radical (unpaired) electrons. The maximum Gasteiger partial charge on any atom is 0.191 e. The van der Waals surface area contributed by atoms with Crippen molar-refractivity contribution in [1.82, 2.24) is 15.5 Å². The fourth-order valence-corrected chi connectivity index (χ4v) is 5.00. The minimum absolute atomic E-state index is 0.321. The topological polar surface area (TPSA) is 56.7 Å². The van der Waals surface area contributed by atoms with Crippen molar-refractivity contribution in [1.29, 1.82) is 0 Å². The van der Waals surface area contributed by atoms with Crippen LogP contribution >= 0.6 is 0 Å². The molecule has 0 bridgehead atoms. The lowest BCUT2D eigenvalue weighted by molar-refractivity contribution is 0.265. The number of aliphatic imine (C=N–C) groups is 1. The second-order valence-electron chi connectivity index (χ2n) is 8.00. The summed E-state index contributed by atoms with van der Waals surface area (Å²) in [4.78, 5) is 6.76. The Kier molecular flexibility index (Phi) is 9.45. The molecule has 28 heavy (non-hydrogen) atoms. The van der Waals surface area contributed by atoms with Crippen LogP contribution in [0.15, 0.2) is 29.3 Å².